The number of carbonyl (C=O) groups excluding carboxylic acids is 3. The van der Waals surface area contributed by atoms with Crippen molar-refractivity contribution in [2.24, 2.45) is 0 Å². The smallest absolute Gasteiger partial charge is 0.335 e. The molecule has 0 aliphatic carbocycles. The summed E-state index contributed by atoms with van der Waals surface area (Å²) < 4.78 is 18.8. The van der Waals surface area contributed by atoms with Crippen LogP contribution in [0.25, 0.3) is 17.4 Å². The maximum Gasteiger partial charge on any atom is 0.335 e. The number of rotatable bonds is 3. The lowest BCUT2D eigenvalue weighted by atomic mass is 10.1. The summed E-state index contributed by atoms with van der Waals surface area (Å²) in [5, 5.41) is 2.63. The van der Waals surface area contributed by atoms with Crippen molar-refractivity contribution in [2.45, 2.75) is 0 Å². The highest BCUT2D eigenvalue weighted by Crippen LogP contribution is 2.27. The van der Waals surface area contributed by atoms with E-state index in [9.17, 15) is 18.8 Å². The Balaban J connectivity index is 1.67. The first-order chi connectivity index (χ1) is 13.9. The Labute approximate surface area is 169 Å². The number of halogens is 2. The van der Waals surface area contributed by atoms with Crippen LogP contribution in [0.15, 0.2) is 70.7 Å². The van der Waals surface area contributed by atoms with Crippen LogP contribution in [0.3, 0.4) is 0 Å². The molecule has 0 bridgehead atoms. The van der Waals surface area contributed by atoms with Gasteiger partial charge >= 0.3 is 6.03 Å². The summed E-state index contributed by atoms with van der Waals surface area (Å²) in [6.07, 6.45) is 1.24. The minimum Gasteiger partial charge on any atom is -0.457 e. The monoisotopic (exact) mass is 410 g/mol. The number of urea groups is 1. The zero-order chi connectivity index (χ0) is 20.5. The van der Waals surface area contributed by atoms with E-state index in [2.05, 4.69) is 5.32 Å². The van der Waals surface area contributed by atoms with Crippen LogP contribution in [0.4, 0.5) is 14.9 Å². The second-order valence-electron chi connectivity index (χ2n) is 6.15. The standard InChI is InChI=1S/C21H12ClFN2O4/c22-13-3-1-2-12(10-13)18-9-8-16(29-18)11-17-19(26)24-21(28)25(20(17)27)15-6-4-14(23)5-7-15/h1-11H,(H,24,26,28). The highest BCUT2D eigenvalue weighted by atomic mass is 35.5. The van der Waals surface area contributed by atoms with E-state index in [0.717, 1.165) is 22.6 Å². The fourth-order valence-corrected chi connectivity index (χ4v) is 3.04. The minimum absolute atomic E-state index is 0.131. The first-order valence-corrected chi connectivity index (χ1v) is 8.83. The van der Waals surface area contributed by atoms with Crippen LogP contribution < -0.4 is 10.2 Å². The summed E-state index contributed by atoms with van der Waals surface area (Å²) in [5.41, 5.74) is 0.567. The summed E-state index contributed by atoms with van der Waals surface area (Å²) in [7, 11) is 0. The number of imide groups is 2. The number of carbonyl (C=O) groups is 3. The van der Waals surface area contributed by atoms with E-state index in [-0.39, 0.29) is 17.0 Å². The zero-order valence-corrected chi connectivity index (χ0v) is 15.4. The third kappa shape index (κ3) is 3.68. The molecule has 1 aliphatic rings. The molecule has 4 rings (SSSR count). The number of nitrogens with zero attached hydrogens (tertiary/aromatic N) is 1. The van der Waals surface area contributed by atoms with Crippen molar-refractivity contribution in [1.29, 1.82) is 0 Å². The molecule has 0 saturated carbocycles. The zero-order valence-electron chi connectivity index (χ0n) is 14.7. The molecule has 0 atom stereocenters. The third-order valence-corrected chi connectivity index (χ3v) is 4.44. The van der Waals surface area contributed by atoms with Gasteiger partial charge in [-0.2, -0.15) is 0 Å². The van der Waals surface area contributed by atoms with Crippen molar-refractivity contribution >= 4 is 41.2 Å². The molecule has 1 aliphatic heterocycles. The van der Waals surface area contributed by atoms with Crippen molar-refractivity contribution in [3.8, 4) is 11.3 Å². The summed E-state index contributed by atoms with van der Waals surface area (Å²) >= 11 is 5.98. The average molecular weight is 411 g/mol. The van der Waals surface area contributed by atoms with Crippen LogP contribution in [0.1, 0.15) is 5.76 Å². The Hall–Kier alpha value is -3.71. The number of nitrogens with one attached hydrogen (secondary N) is 1. The number of amides is 4. The van der Waals surface area contributed by atoms with Gasteiger partial charge in [-0.15, -0.1) is 0 Å². The number of benzene rings is 2. The van der Waals surface area contributed by atoms with Gasteiger partial charge in [-0.3, -0.25) is 14.9 Å². The molecule has 8 heteroatoms. The van der Waals surface area contributed by atoms with Crippen LogP contribution in [0.5, 0.6) is 0 Å². The average Bonchev–Trinajstić information content (AvgIpc) is 3.15. The molecule has 3 aromatic rings. The quantitative estimate of drug-likeness (QED) is 0.512. The Morgan fingerprint density at radius 1 is 1.00 bits per heavy atom. The predicted octanol–water partition coefficient (Wildman–Crippen LogP) is 4.41. The van der Waals surface area contributed by atoms with E-state index >= 15 is 0 Å². The maximum absolute atomic E-state index is 13.2. The van der Waals surface area contributed by atoms with Crippen LogP contribution >= 0.6 is 11.6 Å². The molecule has 144 valence electrons. The van der Waals surface area contributed by atoms with E-state index < -0.39 is 23.7 Å². The number of anilines is 1. The van der Waals surface area contributed by atoms with Gasteiger partial charge in [-0.05, 0) is 54.6 Å². The molecule has 2 aromatic carbocycles. The summed E-state index contributed by atoms with van der Waals surface area (Å²) in [6.45, 7) is 0. The molecule has 0 radical (unpaired) electrons. The number of hydrogen-bond donors (Lipinski definition) is 1. The molecule has 0 unspecified atom stereocenters. The fraction of sp³-hybridized carbons (Fsp3) is 0. The molecule has 1 aromatic heterocycles. The minimum atomic E-state index is -0.914. The van der Waals surface area contributed by atoms with E-state index in [1.807, 2.05) is 0 Å². The molecule has 1 fully saturated rings. The summed E-state index contributed by atoms with van der Waals surface area (Å²) in [5.74, 6) is -1.47. The van der Waals surface area contributed by atoms with Gasteiger partial charge in [-0.1, -0.05) is 23.7 Å². The number of hydrogen-bond acceptors (Lipinski definition) is 4. The number of barbiturate groups is 1. The second kappa shape index (κ2) is 7.37. The molecular formula is C21H12ClFN2O4. The van der Waals surface area contributed by atoms with Gasteiger partial charge < -0.3 is 4.42 Å². The maximum atomic E-state index is 13.2. The van der Waals surface area contributed by atoms with Crippen molar-refractivity contribution in [2.75, 3.05) is 4.90 Å². The summed E-state index contributed by atoms with van der Waals surface area (Å²) in [4.78, 5) is 37.9. The highest BCUT2D eigenvalue weighted by Gasteiger charge is 2.37. The van der Waals surface area contributed by atoms with Gasteiger partial charge in [-0.25, -0.2) is 14.1 Å². The lowest BCUT2D eigenvalue weighted by Gasteiger charge is -2.26. The molecule has 1 saturated heterocycles. The van der Waals surface area contributed by atoms with Crippen molar-refractivity contribution in [3.05, 3.63) is 82.8 Å². The first kappa shape index (κ1) is 18.6. The van der Waals surface area contributed by atoms with Crippen molar-refractivity contribution < 1.29 is 23.2 Å². The van der Waals surface area contributed by atoms with Gasteiger partial charge in [0.15, 0.2) is 0 Å². The van der Waals surface area contributed by atoms with E-state index in [1.165, 1.54) is 18.2 Å². The van der Waals surface area contributed by atoms with Crippen LogP contribution in [-0.4, -0.2) is 17.8 Å². The molecular weight excluding hydrogens is 399 g/mol. The third-order valence-electron chi connectivity index (χ3n) is 4.21. The SMILES string of the molecule is O=C1NC(=O)N(c2ccc(F)cc2)C(=O)C1=Cc1ccc(-c2cccc(Cl)c2)o1. The Kier molecular flexibility index (Phi) is 4.74. The van der Waals surface area contributed by atoms with E-state index in [0.29, 0.717) is 10.8 Å². The van der Waals surface area contributed by atoms with E-state index in [1.54, 1.807) is 36.4 Å². The Bertz CT molecular complexity index is 1170. The van der Waals surface area contributed by atoms with Gasteiger partial charge in [0.2, 0.25) is 0 Å². The van der Waals surface area contributed by atoms with Crippen molar-refractivity contribution in [1.82, 2.24) is 5.32 Å². The lowest BCUT2D eigenvalue weighted by molar-refractivity contribution is -0.122. The second-order valence-corrected chi connectivity index (χ2v) is 6.58. The van der Waals surface area contributed by atoms with Crippen LogP contribution in [0, 0.1) is 5.82 Å². The van der Waals surface area contributed by atoms with Gasteiger partial charge in [0.1, 0.15) is 22.9 Å². The highest BCUT2D eigenvalue weighted by molar-refractivity contribution is 6.39. The van der Waals surface area contributed by atoms with Gasteiger partial charge in [0, 0.05) is 10.6 Å². The molecule has 4 amide bonds. The summed E-state index contributed by atoms with van der Waals surface area (Å²) in [6, 6.07) is 14.1. The molecule has 2 heterocycles. The lowest BCUT2D eigenvalue weighted by Crippen LogP contribution is -2.54. The van der Waals surface area contributed by atoms with Crippen LogP contribution in [0.2, 0.25) is 5.02 Å². The molecule has 0 spiro atoms. The predicted molar refractivity (Wildman–Crippen MR) is 105 cm³/mol. The largest absolute Gasteiger partial charge is 0.457 e. The first-order valence-electron chi connectivity index (χ1n) is 8.45. The molecule has 6 nitrogen and oxygen atoms in total. The molecule has 29 heavy (non-hydrogen) atoms. The van der Waals surface area contributed by atoms with Gasteiger partial charge in [0.05, 0.1) is 5.69 Å². The van der Waals surface area contributed by atoms with E-state index in [4.69, 9.17) is 16.0 Å². The fourth-order valence-electron chi connectivity index (χ4n) is 2.85. The van der Waals surface area contributed by atoms with Gasteiger partial charge in [0.25, 0.3) is 11.8 Å². The normalized spacial score (nSPS) is 15.7. The molecule has 1 N–H and O–H groups in total. The topological polar surface area (TPSA) is 79.6 Å². The van der Waals surface area contributed by atoms with Crippen molar-refractivity contribution in [3.63, 3.8) is 0 Å². The Morgan fingerprint density at radius 2 is 1.76 bits per heavy atom. The number of furan rings is 1. The Morgan fingerprint density at radius 3 is 2.48 bits per heavy atom. The van der Waals surface area contributed by atoms with Crippen LogP contribution in [-0.2, 0) is 9.59 Å².